The monoisotopic (exact) mass is 569 g/mol. The minimum atomic E-state index is -2.01. The summed E-state index contributed by atoms with van der Waals surface area (Å²) < 4.78 is 33.6. The Morgan fingerprint density at radius 3 is 1.32 bits per heavy atom. The van der Waals surface area contributed by atoms with E-state index < -0.39 is 53.8 Å². The highest BCUT2D eigenvalue weighted by Gasteiger charge is 2.44. The fourth-order valence-corrected chi connectivity index (χ4v) is 8.16. The van der Waals surface area contributed by atoms with Gasteiger partial charge in [0.25, 0.3) is 0 Å². The number of rotatable bonds is 16. The second kappa shape index (κ2) is 13.2. The summed E-state index contributed by atoms with van der Waals surface area (Å²) in [7, 11) is -8.13. The van der Waals surface area contributed by atoms with Crippen molar-refractivity contribution in [2.45, 2.75) is 123 Å². The van der Waals surface area contributed by atoms with Gasteiger partial charge in [-0.15, -0.1) is 0 Å². The molecule has 7 nitrogen and oxygen atoms in total. The van der Waals surface area contributed by atoms with Crippen molar-refractivity contribution in [3.05, 3.63) is 0 Å². The molecule has 0 amide bonds. The Labute approximate surface area is 215 Å². The topological polar surface area (TPSA) is 67.7 Å². The third-order valence-corrected chi connectivity index (χ3v) is 8.96. The lowest BCUT2D eigenvalue weighted by Gasteiger charge is -2.45. The summed E-state index contributed by atoms with van der Waals surface area (Å²) in [4.78, 5) is 5.07. The second-order valence-electron chi connectivity index (χ2n) is 13.7. The smallest absolute Gasteiger partial charge is 0.184 e. The van der Waals surface area contributed by atoms with Crippen LogP contribution < -0.4 is 0 Å². The Bertz CT molecular complexity index is 618. The van der Waals surface area contributed by atoms with Crippen molar-refractivity contribution in [2.24, 2.45) is 5.16 Å². The summed E-state index contributed by atoms with van der Waals surface area (Å²) >= 11 is 0. The van der Waals surface area contributed by atoms with E-state index in [1.54, 1.807) is 13.3 Å². The molecule has 4 atom stereocenters. The van der Waals surface area contributed by atoms with Crippen molar-refractivity contribution >= 4 is 47.8 Å². The van der Waals surface area contributed by atoms with Gasteiger partial charge in [0, 0.05) is 0 Å². The van der Waals surface area contributed by atoms with Crippen LogP contribution >= 0.6 is 0 Å². The number of nitrogens with zero attached hydrogens (tertiary/aromatic N) is 1. The van der Waals surface area contributed by atoms with Crippen LogP contribution in [0.4, 0.5) is 0 Å². The summed E-state index contributed by atoms with van der Waals surface area (Å²) in [6.45, 7) is 33.4. The predicted octanol–water partition coefficient (Wildman–Crippen LogP) is 6.35. The molecule has 204 valence electrons. The van der Waals surface area contributed by atoms with Gasteiger partial charge >= 0.3 is 0 Å². The molecule has 34 heavy (non-hydrogen) atoms. The molecule has 0 radical (unpaired) electrons. The molecule has 0 N–H and O–H groups in total. The lowest BCUT2D eigenvalue weighted by atomic mass is 10.0. The lowest BCUT2D eigenvalue weighted by molar-refractivity contribution is -0.0733. The van der Waals surface area contributed by atoms with Gasteiger partial charge in [0.1, 0.15) is 19.3 Å². The van der Waals surface area contributed by atoms with Gasteiger partial charge in [-0.1, -0.05) is 5.16 Å². The molecule has 0 aromatic rings. The van der Waals surface area contributed by atoms with Crippen LogP contribution in [0.1, 0.15) is 0 Å². The highest BCUT2D eigenvalue weighted by atomic mass is 28.4. The van der Waals surface area contributed by atoms with E-state index in [9.17, 15) is 0 Å². The van der Waals surface area contributed by atoms with Gasteiger partial charge in [0.2, 0.25) is 0 Å². The fourth-order valence-electron chi connectivity index (χ4n) is 3.19. The van der Waals surface area contributed by atoms with E-state index in [2.05, 4.69) is 103 Å². The van der Waals surface area contributed by atoms with E-state index in [-0.39, 0.29) is 12.2 Å². The van der Waals surface area contributed by atoms with Crippen molar-refractivity contribution in [3.63, 3.8) is 0 Å². The highest BCUT2D eigenvalue weighted by molar-refractivity contribution is 6.71. The summed E-state index contributed by atoms with van der Waals surface area (Å²) in [5.41, 5.74) is 0. The summed E-state index contributed by atoms with van der Waals surface area (Å²) in [5.74, 6) is 0. The molecule has 0 saturated carbocycles. The first-order valence-electron chi connectivity index (χ1n) is 12.3. The maximum atomic E-state index is 6.90. The van der Waals surface area contributed by atoms with Gasteiger partial charge in [-0.25, -0.2) is 0 Å². The Morgan fingerprint density at radius 2 is 0.971 bits per heavy atom. The van der Waals surface area contributed by atoms with E-state index in [1.807, 2.05) is 0 Å². The maximum absolute atomic E-state index is 6.90. The minimum absolute atomic E-state index is 0.268. The molecule has 0 fully saturated rings. The van der Waals surface area contributed by atoms with Crippen molar-refractivity contribution in [1.82, 2.24) is 0 Å². The SMILES string of the molecule is CO/N=C/[C@@H](O[Si](C)(C)C)[C@H](O[Si](C)(C)C)[C@H](O[Si](C)(C)C)[C@H](CO[Si](C)(C)C)O[Si](C)(C)C. The van der Waals surface area contributed by atoms with E-state index in [4.69, 9.17) is 27.0 Å². The van der Waals surface area contributed by atoms with Gasteiger partial charge < -0.3 is 27.0 Å². The third-order valence-electron chi connectivity index (χ3n) is 3.98. The average molecular weight is 570 g/mol. The molecule has 0 heterocycles. The second-order valence-corrected chi connectivity index (χ2v) is 36.1. The van der Waals surface area contributed by atoms with Gasteiger partial charge in [0.15, 0.2) is 41.6 Å². The molecule has 0 aliphatic carbocycles. The van der Waals surface area contributed by atoms with Crippen LogP contribution in [0.25, 0.3) is 0 Å². The molecule has 0 aliphatic rings. The van der Waals surface area contributed by atoms with Crippen molar-refractivity contribution in [1.29, 1.82) is 0 Å². The van der Waals surface area contributed by atoms with Crippen LogP contribution in [0.3, 0.4) is 0 Å². The number of oxime groups is 1. The van der Waals surface area contributed by atoms with E-state index >= 15 is 0 Å². The molecule has 0 rings (SSSR count). The Balaban J connectivity index is 6.73. The lowest BCUT2D eigenvalue weighted by Crippen LogP contribution is -2.60. The van der Waals surface area contributed by atoms with Gasteiger partial charge in [-0.05, 0) is 98.2 Å². The van der Waals surface area contributed by atoms with E-state index in [0.29, 0.717) is 6.61 Å². The van der Waals surface area contributed by atoms with E-state index in [1.165, 1.54) is 0 Å². The van der Waals surface area contributed by atoms with Gasteiger partial charge in [-0.3, -0.25) is 0 Å². The van der Waals surface area contributed by atoms with Gasteiger partial charge in [-0.2, -0.15) is 0 Å². The van der Waals surface area contributed by atoms with Crippen LogP contribution in [0, 0.1) is 0 Å². The molecule has 0 aliphatic heterocycles. The van der Waals surface area contributed by atoms with Crippen LogP contribution in [0.2, 0.25) is 98.2 Å². The first kappa shape index (κ1) is 34.4. The molecular formula is C22H55NO6Si5. The fraction of sp³-hybridized carbons (Fsp3) is 0.955. The first-order chi connectivity index (χ1) is 14.9. The molecule has 0 saturated heterocycles. The zero-order valence-electron chi connectivity index (χ0n) is 25.0. The van der Waals surface area contributed by atoms with Crippen LogP contribution in [-0.4, -0.2) is 85.9 Å². The third kappa shape index (κ3) is 17.7. The zero-order chi connectivity index (χ0) is 27.2. The maximum Gasteiger partial charge on any atom is 0.184 e. The Hall–Kier alpha value is 0.354. The predicted molar refractivity (Wildman–Crippen MR) is 158 cm³/mol. The summed E-state index contributed by atoms with van der Waals surface area (Å²) in [6, 6.07) is 0. The Kier molecular flexibility index (Phi) is 13.4. The van der Waals surface area contributed by atoms with Crippen LogP contribution in [0.5, 0.6) is 0 Å². The Morgan fingerprint density at radius 1 is 0.559 bits per heavy atom. The molecule has 0 aromatic carbocycles. The highest BCUT2D eigenvalue weighted by Crippen LogP contribution is 2.28. The van der Waals surface area contributed by atoms with Crippen LogP contribution in [0.15, 0.2) is 5.16 Å². The molecule has 0 unspecified atom stereocenters. The average Bonchev–Trinajstić information content (AvgIpc) is 2.54. The number of hydrogen-bond acceptors (Lipinski definition) is 7. The molecule has 0 aromatic heterocycles. The molecule has 0 bridgehead atoms. The standard InChI is InChI=1S/C22H55NO6Si5/c1-24-23-17-19(26-31(5,6)7)21(28-33(11,12)13)22(29-34(14,15)16)20(27-32(8,9)10)18-25-30(2,3)4/h17,19-22H,18H2,1-16H3/b23-17+/t19-,20+,21+,22-/m1/s1. The van der Waals surface area contributed by atoms with Crippen molar-refractivity contribution < 1.29 is 27.0 Å². The zero-order valence-corrected chi connectivity index (χ0v) is 30.0. The first-order valence-corrected chi connectivity index (χ1v) is 29.4. The van der Waals surface area contributed by atoms with Crippen molar-refractivity contribution in [3.8, 4) is 0 Å². The molecular weight excluding hydrogens is 515 g/mol. The quantitative estimate of drug-likeness (QED) is 0.123. The summed E-state index contributed by atoms with van der Waals surface area (Å²) in [5, 5.41) is 4.11. The largest absolute Gasteiger partial charge is 0.415 e. The molecule has 12 heteroatoms. The summed E-state index contributed by atoms with van der Waals surface area (Å²) in [6.07, 6.45) is 0.297. The van der Waals surface area contributed by atoms with Gasteiger partial charge in [0.05, 0.1) is 25.0 Å². The minimum Gasteiger partial charge on any atom is -0.415 e. The van der Waals surface area contributed by atoms with Crippen LogP contribution in [-0.2, 0) is 27.0 Å². The number of hydrogen-bond donors (Lipinski definition) is 0. The van der Waals surface area contributed by atoms with Crippen molar-refractivity contribution in [2.75, 3.05) is 13.7 Å². The normalized spacial score (nSPS) is 18.1. The van der Waals surface area contributed by atoms with E-state index in [0.717, 1.165) is 0 Å². The molecule has 0 spiro atoms.